The highest BCUT2D eigenvalue weighted by Crippen LogP contribution is 2.20. The van der Waals surface area contributed by atoms with Crippen molar-refractivity contribution in [2.45, 2.75) is 31.6 Å². The number of nitrogens with zero attached hydrogens (tertiary/aromatic N) is 2. The average Bonchev–Trinajstić information content (AvgIpc) is 2.69. The largest absolute Gasteiger partial charge is 0.339 e. The number of piperidine rings is 1. The summed E-state index contributed by atoms with van der Waals surface area (Å²) in [6, 6.07) is 8.68. The molecule has 6 nitrogen and oxygen atoms in total. The molecule has 0 aliphatic carbocycles. The Hall–Kier alpha value is -2.25. The molecule has 0 spiro atoms. The number of carbonyl (C=O) groups excluding carboxylic acids is 1. The van der Waals surface area contributed by atoms with Gasteiger partial charge in [-0.1, -0.05) is 6.07 Å². The molecule has 1 aromatic heterocycles. The highest BCUT2D eigenvalue weighted by atomic mass is 32.2. The van der Waals surface area contributed by atoms with Gasteiger partial charge in [0.2, 0.25) is 10.0 Å². The lowest BCUT2D eigenvalue weighted by molar-refractivity contribution is 0.0691. The van der Waals surface area contributed by atoms with Crippen LogP contribution in [0.3, 0.4) is 0 Å². The number of carbonyl (C=O) groups is 1. The number of amides is 1. The van der Waals surface area contributed by atoms with Crippen LogP contribution in [0.2, 0.25) is 0 Å². The van der Waals surface area contributed by atoms with Gasteiger partial charge in [0, 0.05) is 32.0 Å². The molecule has 27 heavy (non-hydrogen) atoms. The topological polar surface area (TPSA) is 79.4 Å². The highest BCUT2D eigenvalue weighted by molar-refractivity contribution is 7.89. The van der Waals surface area contributed by atoms with Gasteiger partial charge in [-0.2, -0.15) is 0 Å². The summed E-state index contributed by atoms with van der Waals surface area (Å²) in [7, 11) is -3.51. The van der Waals surface area contributed by atoms with Crippen LogP contribution < -0.4 is 4.72 Å². The number of benzene rings is 1. The van der Waals surface area contributed by atoms with Crippen LogP contribution >= 0.6 is 0 Å². The summed E-state index contributed by atoms with van der Waals surface area (Å²) in [6.07, 6.45) is 4.78. The summed E-state index contributed by atoms with van der Waals surface area (Å²) in [5, 5.41) is 0. The Morgan fingerprint density at radius 3 is 2.56 bits per heavy atom. The number of aryl methyl sites for hydroxylation is 2. The summed E-state index contributed by atoms with van der Waals surface area (Å²) in [4.78, 5) is 18.5. The Kier molecular flexibility index (Phi) is 5.92. The normalized spacial score (nSPS) is 15.7. The van der Waals surface area contributed by atoms with E-state index in [1.165, 1.54) is 0 Å². The second-order valence-corrected chi connectivity index (χ2v) is 8.84. The second-order valence-electron chi connectivity index (χ2n) is 7.08. The van der Waals surface area contributed by atoms with Gasteiger partial charge in [0.15, 0.2) is 0 Å². The van der Waals surface area contributed by atoms with Gasteiger partial charge in [-0.25, -0.2) is 13.1 Å². The number of likely N-dealkylation sites (tertiary alicyclic amines) is 1. The number of hydrogen-bond acceptors (Lipinski definition) is 4. The first kappa shape index (κ1) is 19.5. The Morgan fingerprint density at radius 2 is 1.93 bits per heavy atom. The van der Waals surface area contributed by atoms with Crippen LogP contribution in [0, 0.1) is 19.8 Å². The Balaban J connectivity index is 1.53. The van der Waals surface area contributed by atoms with Crippen LogP contribution in [0.4, 0.5) is 0 Å². The molecule has 2 aromatic rings. The zero-order valence-corrected chi connectivity index (χ0v) is 16.5. The van der Waals surface area contributed by atoms with E-state index in [1.54, 1.807) is 36.7 Å². The molecule has 0 atom stereocenters. The molecule has 1 fully saturated rings. The molecular formula is C20H25N3O3S. The number of pyridine rings is 1. The van der Waals surface area contributed by atoms with E-state index in [1.807, 2.05) is 24.8 Å². The minimum absolute atomic E-state index is 0.0164. The van der Waals surface area contributed by atoms with Gasteiger partial charge in [-0.05, 0) is 68.0 Å². The van der Waals surface area contributed by atoms with Crippen LogP contribution in [0.5, 0.6) is 0 Å². The van der Waals surface area contributed by atoms with Crippen molar-refractivity contribution in [1.82, 2.24) is 14.6 Å². The van der Waals surface area contributed by atoms with Crippen molar-refractivity contribution in [2.75, 3.05) is 19.6 Å². The summed E-state index contributed by atoms with van der Waals surface area (Å²) < 4.78 is 27.8. The number of rotatable bonds is 5. The lowest BCUT2D eigenvalue weighted by Gasteiger charge is -2.32. The Bertz CT molecular complexity index is 905. The van der Waals surface area contributed by atoms with Crippen LogP contribution in [0.15, 0.2) is 47.6 Å². The third-order valence-electron chi connectivity index (χ3n) is 5.16. The molecule has 1 amide bonds. The maximum absolute atomic E-state index is 12.5. The molecule has 0 radical (unpaired) electrons. The number of hydrogen-bond donors (Lipinski definition) is 1. The van der Waals surface area contributed by atoms with Gasteiger partial charge in [0.05, 0.1) is 10.5 Å². The number of sulfonamides is 1. The quantitative estimate of drug-likeness (QED) is 0.855. The molecule has 2 heterocycles. The SMILES string of the molecule is Cc1ccc(S(=O)(=O)NCC2CCN(C(=O)c3cccnc3)CC2)cc1C. The number of nitrogens with one attached hydrogen (secondary N) is 1. The molecule has 1 saturated heterocycles. The molecule has 144 valence electrons. The van der Waals surface area contributed by atoms with Crippen LogP contribution in [-0.4, -0.2) is 43.8 Å². The van der Waals surface area contributed by atoms with Crippen LogP contribution in [0.1, 0.15) is 34.3 Å². The van der Waals surface area contributed by atoms with E-state index >= 15 is 0 Å². The van der Waals surface area contributed by atoms with Crippen molar-refractivity contribution in [3.05, 3.63) is 59.4 Å². The maximum Gasteiger partial charge on any atom is 0.255 e. The van der Waals surface area contributed by atoms with Crippen molar-refractivity contribution in [3.8, 4) is 0 Å². The van der Waals surface area contributed by atoms with Gasteiger partial charge < -0.3 is 4.90 Å². The minimum atomic E-state index is -3.51. The zero-order valence-electron chi connectivity index (χ0n) is 15.7. The fourth-order valence-electron chi connectivity index (χ4n) is 3.20. The second kappa shape index (κ2) is 8.19. The van der Waals surface area contributed by atoms with Crippen LogP contribution in [-0.2, 0) is 10.0 Å². The van der Waals surface area contributed by atoms with E-state index in [9.17, 15) is 13.2 Å². The van der Waals surface area contributed by atoms with E-state index in [-0.39, 0.29) is 11.8 Å². The van der Waals surface area contributed by atoms with Crippen molar-refractivity contribution in [1.29, 1.82) is 0 Å². The number of aromatic nitrogens is 1. The van der Waals surface area contributed by atoms with E-state index in [4.69, 9.17) is 0 Å². The first-order valence-corrected chi connectivity index (χ1v) is 10.6. The molecule has 1 N–H and O–H groups in total. The summed E-state index contributed by atoms with van der Waals surface area (Å²) in [5.41, 5.74) is 2.62. The smallest absolute Gasteiger partial charge is 0.255 e. The third kappa shape index (κ3) is 4.73. The summed E-state index contributed by atoms with van der Waals surface area (Å²) in [6.45, 7) is 5.51. The van der Waals surface area contributed by atoms with Crippen molar-refractivity contribution in [3.63, 3.8) is 0 Å². The molecule has 0 unspecified atom stereocenters. The molecule has 7 heteroatoms. The maximum atomic E-state index is 12.5. The molecule has 0 bridgehead atoms. The van der Waals surface area contributed by atoms with Crippen molar-refractivity contribution >= 4 is 15.9 Å². The predicted molar refractivity (Wildman–Crippen MR) is 104 cm³/mol. The third-order valence-corrected chi connectivity index (χ3v) is 6.58. The summed E-state index contributed by atoms with van der Waals surface area (Å²) >= 11 is 0. The van der Waals surface area contributed by atoms with Gasteiger partial charge in [0.1, 0.15) is 0 Å². The fourth-order valence-corrected chi connectivity index (χ4v) is 4.40. The fraction of sp³-hybridized carbons (Fsp3) is 0.400. The molecule has 3 rings (SSSR count). The highest BCUT2D eigenvalue weighted by Gasteiger charge is 2.25. The Morgan fingerprint density at radius 1 is 1.19 bits per heavy atom. The summed E-state index contributed by atoms with van der Waals surface area (Å²) in [5.74, 6) is 0.210. The molecule has 0 saturated carbocycles. The lowest BCUT2D eigenvalue weighted by Crippen LogP contribution is -2.41. The first-order chi connectivity index (χ1) is 12.9. The van der Waals surface area contributed by atoms with Crippen molar-refractivity contribution in [2.24, 2.45) is 5.92 Å². The monoisotopic (exact) mass is 387 g/mol. The van der Waals surface area contributed by atoms with Crippen molar-refractivity contribution < 1.29 is 13.2 Å². The molecule has 1 aliphatic rings. The predicted octanol–water partition coefficient (Wildman–Crippen LogP) is 2.53. The van der Waals surface area contributed by atoms with Crippen LogP contribution in [0.25, 0.3) is 0 Å². The van der Waals surface area contributed by atoms with E-state index < -0.39 is 10.0 Å². The van der Waals surface area contributed by atoms with Gasteiger partial charge in [-0.3, -0.25) is 9.78 Å². The zero-order chi connectivity index (χ0) is 19.4. The van der Waals surface area contributed by atoms with E-state index in [0.717, 1.165) is 24.0 Å². The van der Waals surface area contributed by atoms with E-state index in [2.05, 4.69) is 9.71 Å². The molecule has 1 aromatic carbocycles. The average molecular weight is 388 g/mol. The van der Waals surface area contributed by atoms with Gasteiger partial charge in [-0.15, -0.1) is 0 Å². The Labute approximate surface area is 160 Å². The van der Waals surface area contributed by atoms with Gasteiger partial charge in [0.25, 0.3) is 5.91 Å². The minimum Gasteiger partial charge on any atom is -0.339 e. The van der Waals surface area contributed by atoms with Gasteiger partial charge >= 0.3 is 0 Å². The standard InChI is InChI=1S/C20H25N3O3S/c1-15-5-6-19(12-16(15)2)27(25,26)22-13-17-7-10-23(11-8-17)20(24)18-4-3-9-21-14-18/h3-6,9,12,14,17,22H,7-8,10-11,13H2,1-2H3. The molecule has 1 aliphatic heterocycles. The molecular weight excluding hydrogens is 362 g/mol. The first-order valence-electron chi connectivity index (χ1n) is 9.13. The van der Waals surface area contributed by atoms with E-state index in [0.29, 0.717) is 30.1 Å². The lowest BCUT2D eigenvalue weighted by atomic mass is 9.97.